The number of allylic oxidation sites excluding steroid dienone is 2. The molecule has 3 rings (SSSR count). The van der Waals surface area contributed by atoms with E-state index in [1.807, 2.05) is 24.3 Å². The first-order valence-corrected chi connectivity index (χ1v) is 14.6. The van der Waals surface area contributed by atoms with Crippen molar-refractivity contribution < 1.29 is 24.5 Å². The number of aliphatic hydroxyl groups excluding tert-OH is 2. The first kappa shape index (κ1) is 30.1. The molecule has 1 aliphatic carbocycles. The molecule has 6 nitrogen and oxygen atoms in total. The third-order valence-electron chi connectivity index (χ3n) is 7.70. The molecule has 0 bridgehead atoms. The fraction of sp³-hybridized carbons (Fsp3) is 0.700. The van der Waals surface area contributed by atoms with Gasteiger partial charge >= 0.3 is 5.97 Å². The maximum atomic E-state index is 12.0. The van der Waals surface area contributed by atoms with Crippen LogP contribution < -0.4 is 0 Å². The Bertz CT molecular complexity index is 811. The van der Waals surface area contributed by atoms with Crippen molar-refractivity contribution in [3.8, 4) is 0 Å². The standard InChI is InChI=1S/C30H46ClNO5/c1-2-3-6-10-27(33)23-12-14-24(15-13-23)30-25(26(31)22-28(30)34)9-7-4-5-8-11-29(35)37-21-18-32-16-19-36-20-17-32/h4,7,12-15,25-28,30,33-34H,2-3,5-6,8-11,16-22H2,1H3/b7-4-/t25?,26-,27-,28-,30?/m1/s1. The number of nitrogens with zero attached hydrogens (tertiary/aromatic N) is 1. The maximum Gasteiger partial charge on any atom is 0.305 e. The van der Waals surface area contributed by atoms with E-state index in [0.29, 0.717) is 19.4 Å². The number of alkyl halides is 1. The number of rotatable bonds is 15. The molecule has 208 valence electrons. The Morgan fingerprint density at radius 2 is 1.95 bits per heavy atom. The van der Waals surface area contributed by atoms with Crippen molar-refractivity contribution in [3.05, 3.63) is 47.5 Å². The molecular weight excluding hydrogens is 490 g/mol. The van der Waals surface area contributed by atoms with E-state index in [1.165, 1.54) is 0 Å². The van der Waals surface area contributed by atoms with Gasteiger partial charge in [0.1, 0.15) is 6.61 Å². The third kappa shape index (κ3) is 9.99. The summed E-state index contributed by atoms with van der Waals surface area (Å²) in [6.07, 6.45) is 10.8. The topological polar surface area (TPSA) is 79.2 Å². The molecule has 1 aromatic carbocycles. The highest BCUT2D eigenvalue weighted by molar-refractivity contribution is 6.21. The number of carbonyl (C=O) groups excluding carboxylic acids is 1. The molecule has 2 unspecified atom stereocenters. The number of ether oxygens (including phenoxy) is 2. The van der Waals surface area contributed by atoms with Crippen LogP contribution in [0.15, 0.2) is 36.4 Å². The number of unbranched alkanes of at least 4 members (excludes halogenated alkanes) is 3. The second kappa shape index (κ2) is 16.5. The summed E-state index contributed by atoms with van der Waals surface area (Å²) in [5.74, 6) is -0.00124. The number of hydrogen-bond acceptors (Lipinski definition) is 6. The summed E-state index contributed by atoms with van der Waals surface area (Å²) >= 11 is 6.65. The van der Waals surface area contributed by atoms with Gasteiger partial charge in [-0.25, -0.2) is 0 Å². The predicted molar refractivity (Wildman–Crippen MR) is 148 cm³/mol. The molecule has 5 atom stereocenters. The van der Waals surface area contributed by atoms with Crippen LogP contribution in [0.2, 0.25) is 0 Å². The number of carbonyl (C=O) groups is 1. The Morgan fingerprint density at radius 3 is 2.68 bits per heavy atom. The van der Waals surface area contributed by atoms with Crippen molar-refractivity contribution in [3.63, 3.8) is 0 Å². The lowest BCUT2D eigenvalue weighted by Gasteiger charge is -2.26. The summed E-state index contributed by atoms with van der Waals surface area (Å²) in [6.45, 7) is 6.68. The second-order valence-electron chi connectivity index (χ2n) is 10.5. The molecule has 0 aromatic heterocycles. The van der Waals surface area contributed by atoms with Crippen molar-refractivity contribution in [1.82, 2.24) is 4.90 Å². The van der Waals surface area contributed by atoms with Gasteiger partial charge in [0.15, 0.2) is 0 Å². The Hall–Kier alpha value is -1.44. The van der Waals surface area contributed by atoms with Crippen LogP contribution in [0, 0.1) is 5.92 Å². The lowest BCUT2D eigenvalue weighted by atomic mass is 9.84. The Kier molecular flexibility index (Phi) is 13.4. The highest BCUT2D eigenvalue weighted by Crippen LogP contribution is 2.45. The molecule has 0 amide bonds. The lowest BCUT2D eigenvalue weighted by molar-refractivity contribution is -0.144. The second-order valence-corrected chi connectivity index (χ2v) is 11.0. The average molecular weight is 536 g/mol. The fourth-order valence-corrected chi connectivity index (χ4v) is 5.88. The van der Waals surface area contributed by atoms with Crippen molar-refractivity contribution in [1.29, 1.82) is 0 Å². The van der Waals surface area contributed by atoms with E-state index < -0.39 is 12.2 Å². The molecule has 37 heavy (non-hydrogen) atoms. The molecule has 1 heterocycles. The molecule has 1 aliphatic heterocycles. The molecule has 0 spiro atoms. The van der Waals surface area contributed by atoms with Gasteiger partial charge in [0.2, 0.25) is 0 Å². The molecule has 2 fully saturated rings. The minimum Gasteiger partial charge on any atom is -0.464 e. The number of esters is 1. The SMILES string of the molecule is CCCCC[C@@H](O)c1ccc(C2C(C/C=C\CCCC(=O)OCCN3CCOCC3)[C@H](Cl)C[C@H]2O)cc1. The summed E-state index contributed by atoms with van der Waals surface area (Å²) in [4.78, 5) is 14.2. The highest BCUT2D eigenvalue weighted by atomic mass is 35.5. The Balaban J connectivity index is 1.38. The Morgan fingerprint density at radius 1 is 1.19 bits per heavy atom. The normalized spacial score (nSPS) is 25.5. The van der Waals surface area contributed by atoms with Gasteiger partial charge in [-0.3, -0.25) is 9.69 Å². The van der Waals surface area contributed by atoms with Crippen molar-refractivity contribution in [2.45, 2.75) is 88.2 Å². The van der Waals surface area contributed by atoms with Gasteiger partial charge in [-0.2, -0.15) is 0 Å². The zero-order valence-corrected chi connectivity index (χ0v) is 23.2. The zero-order chi connectivity index (χ0) is 26.5. The van der Waals surface area contributed by atoms with E-state index >= 15 is 0 Å². The monoisotopic (exact) mass is 535 g/mol. The van der Waals surface area contributed by atoms with Crippen LogP contribution in [-0.4, -0.2) is 72.0 Å². The van der Waals surface area contributed by atoms with Gasteiger partial charge in [0.25, 0.3) is 0 Å². The molecule has 1 saturated heterocycles. The van der Waals surface area contributed by atoms with Crippen LogP contribution in [0.1, 0.15) is 87.9 Å². The van der Waals surface area contributed by atoms with Gasteiger partial charge in [0, 0.05) is 37.4 Å². The van der Waals surface area contributed by atoms with Gasteiger partial charge < -0.3 is 19.7 Å². The molecule has 7 heteroatoms. The fourth-order valence-electron chi connectivity index (χ4n) is 5.44. The van der Waals surface area contributed by atoms with Gasteiger partial charge in [-0.15, -0.1) is 11.6 Å². The first-order valence-electron chi connectivity index (χ1n) is 14.2. The number of benzene rings is 1. The van der Waals surface area contributed by atoms with Crippen LogP contribution in [0.25, 0.3) is 0 Å². The van der Waals surface area contributed by atoms with Gasteiger partial charge in [-0.05, 0) is 49.1 Å². The van der Waals surface area contributed by atoms with E-state index in [9.17, 15) is 15.0 Å². The van der Waals surface area contributed by atoms with Gasteiger partial charge in [-0.1, -0.05) is 62.6 Å². The molecule has 1 aromatic rings. The van der Waals surface area contributed by atoms with Crippen LogP contribution in [0.4, 0.5) is 0 Å². The highest BCUT2D eigenvalue weighted by Gasteiger charge is 2.41. The molecular formula is C30H46ClNO5. The van der Waals surface area contributed by atoms with Gasteiger partial charge in [0.05, 0.1) is 25.4 Å². The molecule has 2 N–H and O–H groups in total. The zero-order valence-electron chi connectivity index (χ0n) is 22.4. The third-order valence-corrected chi connectivity index (χ3v) is 8.20. The molecule has 0 radical (unpaired) electrons. The Labute approximate surface area is 228 Å². The van der Waals surface area contributed by atoms with E-state index in [1.54, 1.807) is 0 Å². The summed E-state index contributed by atoms with van der Waals surface area (Å²) in [6, 6.07) is 8.07. The minimum atomic E-state index is -0.464. The van der Waals surface area contributed by atoms with E-state index in [-0.39, 0.29) is 23.2 Å². The number of morpholine rings is 1. The predicted octanol–water partition coefficient (Wildman–Crippen LogP) is 5.36. The van der Waals surface area contributed by atoms with Crippen LogP contribution in [-0.2, 0) is 14.3 Å². The van der Waals surface area contributed by atoms with Crippen LogP contribution in [0.3, 0.4) is 0 Å². The van der Waals surface area contributed by atoms with Crippen LogP contribution in [0.5, 0.6) is 0 Å². The first-order chi connectivity index (χ1) is 18.0. The summed E-state index contributed by atoms with van der Waals surface area (Å²) < 4.78 is 10.7. The number of hydrogen-bond donors (Lipinski definition) is 2. The smallest absolute Gasteiger partial charge is 0.305 e. The van der Waals surface area contributed by atoms with E-state index in [4.69, 9.17) is 21.1 Å². The maximum absolute atomic E-state index is 12.0. The van der Waals surface area contributed by atoms with Crippen molar-refractivity contribution >= 4 is 17.6 Å². The van der Waals surface area contributed by atoms with E-state index in [0.717, 1.165) is 88.9 Å². The quantitative estimate of drug-likeness (QED) is 0.136. The van der Waals surface area contributed by atoms with E-state index in [2.05, 4.69) is 24.0 Å². The summed E-state index contributed by atoms with van der Waals surface area (Å²) in [5, 5.41) is 21.1. The largest absolute Gasteiger partial charge is 0.464 e. The van der Waals surface area contributed by atoms with Crippen LogP contribution >= 0.6 is 11.6 Å². The minimum absolute atomic E-state index is 0.0140. The molecule has 2 aliphatic rings. The summed E-state index contributed by atoms with van der Waals surface area (Å²) in [7, 11) is 0. The number of aliphatic hydroxyl groups is 2. The lowest BCUT2D eigenvalue weighted by Crippen LogP contribution is -2.38. The van der Waals surface area contributed by atoms with Crippen molar-refractivity contribution in [2.24, 2.45) is 5.92 Å². The molecule has 1 saturated carbocycles. The van der Waals surface area contributed by atoms with Crippen molar-refractivity contribution in [2.75, 3.05) is 39.5 Å². The summed E-state index contributed by atoms with van der Waals surface area (Å²) in [5.41, 5.74) is 2.02. The average Bonchev–Trinajstić information content (AvgIpc) is 3.19. The number of halogens is 1.